The molecular formula is C4H9NO3. The van der Waals surface area contributed by atoms with Crippen molar-refractivity contribution in [3.8, 4) is 0 Å². The molecule has 0 aliphatic rings. The molecular weight excluding hydrogens is 110 g/mol. The number of hydrogen-bond acceptors (Lipinski definition) is 3. The standard InChI is InChI=1S/C4H9NO3/c1-2(6)3(5)4(7)8/h2-3,6H,5H2,1H3,(H,7,8)/i2D. The van der Waals surface area contributed by atoms with Crippen molar-refractivity contribution >= 4 is 5.97 Å². The van der Waals surface area contributed by atoms with Crippen molar-refractivity contribution in [3.05, 3.63) is 0 Å². The number of nitrogens with two attached hydrogens (primary N) is 1. The van der Waals surface area contributed by atoms with Crippen molar-refractivity contribution in [3.63, 3.8) is 0 Å². The first-order valence-electron chi connectivity index (χ1n) is 2.56. The van der Waals surface area contributed by atoms with E-state index in [1.54, 1.807) is 0 Å². The maximum absolute atomic E-state index is 9.94. The first-order chi connectivity index (χ1) is 3.85. The summed E-state index contributed by atoms with van der Waals surface area (Å²) >= 11 is 0. The summed E-state index contributed by atoms with van der Waals surface area (Å²) in [7, 11) is 0. The first-order valence-corrected chi connectivity index (χ1v) is 2.06. The summed E-state index contributed by atoms with van der Waals surface area (Å²) in [4.78, 5) is 9.94. The molecule has 8 heavy (non-hydrogen) atoms. The van der Waals surface area contributed by atoms with E-state index in [2.05, 4.69) is 0 Å². The van der Waals surface area contributed by atoms with Crippen molar-refractivity contribution in [2.75, 3.05) is 0 Å². The fraction of sp³-hybridized carbons (Fsp3) is 0.750. The summed E-state index contributed by atoms with van der Waals surface area (Å²) in [6.07, 6.45) is -2.09. The predicted octanol–water partition coefficient (Wildman–Crippen LogP) is -1.22. The molecule has 0 aromatic rings. The van der Waals surface area contributed by atoms with Gasteiger partial charge in [-0.1, -0.05) is 0 Å². The Kier molecular flexibility index (Phi) is 1.82. The van der Waals surface area contributed by atoms with Gasteiger partial charge in [0, 0.05) is 0 Å². The van der Waals surface area contributed by atoms with Crippen LogP contribution in [-0.2, 0) is 4.79 Å². The van der Waals surface area contributed by atoms with Crippen LogP contribution in [0.5, 0.6) is 0 Å². The van der Waals surface area contributed by atoms with Gasteiger partial charge in [-0.15, -0.1) is 0 Å². The van der Waals surface area contributed by atoms with E-state index in [4.69, 9.17) is 17.3 Å². The van der Waals surface area contributed by atoms with E-state index in [0.717, 1.165) is 6.92 Å². The smallest absolute Gasteiger partial charge is 0.323 e. The van der Waals surface area contributed by atoms with Gasteiger partial charge in [0.05, 0.1) is 7.45 Å². The summed E-state index contributed by atoms with van der Waals surface area (Å²) in [6, 6.07) is -1.54. The Labute approximate surface area is 48.3 Å². The molecule has 0 saturated carbocycles. The zero-order valence-electron chi connectivity index (χ0n) is 5.46. The summed E-state index contributed by atoms with van der Waals surface area (Å²) in [6.45, 7) is 1.02. The zero-order valence-corrected chi connectivity index (χ0v) is 4.46. The first kappa shape index (κ1) is 5.53. The van der Waals surface area contributed by atoms with Crippen LogP contribution in [0.2, 0.25) is 0 Å². The highest BCUT2D eigenvalue weighted by Crippen LogP contribution is 1.85. The highest BCUT2D eigenvalue weighted by molar-refractivity contribution is 5.73. The van der Waals surface area contributed by atoms with Crippen LogP contribution in [0.4, 0.5) is 0 Å². The molecule has 0 saturated heterocycles. The van der Waals surface area contributed by atoms with Gasteiger partial charge in [-0.2, -0.15) is 0 Å². The Morgan fingerprint density at radius 1 is 2.00 bits per heavy atom. The van der Waals surface area contributed by atoms with Crippen LogP contribution in [0.1, 0.15) is 8.29 Å². The van der Waals surface area contributed by atoms with Gasteiger partial charge in [0.1, 0.15) is 6.04 Å². The van der Waals surface area contributed by atoms with Gasteiger partial charge >= 0.3 is 5.97 Å². The molecule has 0 aromatic heterocycles. The van der Waals surface area contributed by atoms with E-state index >= 15 is 0 Å². The van der Waals surface area contributed by atoms with E-state index in [-0.39, 0.29) is 0 Å². The van der Waals surface area contributed by atoms with Gasteiger partial charge < -0.3 is 15.9 Å². The Hall–Kier alpha value is -0.610. The maximum atomic E-state index is 9.94. The summed E-state index contributed by atoms with van der Waals surface area (Å²) in [5, 5.41) is 16.7. The maximum Gasteiger partial charge on any atom is 0.323 e. The molecule has 2 atom stereocenters. The number of aliphatic hydroxyl groups is 1. The van der Waals surface area contributed by atoms with Crippen molar-refractivity contribution in [1.82, 2.24) is 0 Å². The fourth-order valence-electron chi connectivity index (χ4n) is 0.179. The molecule has 4 nitrogen and oxygen atoms in total. The zero-order chi connectivity index (χ0) is 7.65. The predicted molar refractivity (Wildman–Crippen MR) is 27.3 cm³/mol. The molecule has 0 aliphatic heterocycles. The summed E-state index contributed by atoms with van der Waals surface area (Å²) < 4.78 is 6.72. The second-order valence-electron chi connectivity index (χ2n) is 1.46. The molecule has 0 fully saturated rings. The van der Waals surface area contributed by atoms with E-state index < -0.39 is 18.1 Å². The summed E-state index contributed by atoms with van der Waals surface area (Å²) in [5.41, 5.74) is 4.86. The van der Waals surface area contributed by atoms with Crippen molar-refractivity contribution in [2.24, 2.45) is 5.73 Å². The van der Waals surface area contributed by atoms with E-state index in [0.29, 0.717) is 0 Å². The molecule has 0 aliphatic carbocycles. The topological polar surface area (TPSA) is 83.5 Å². The van der Waals surface area contributed by atoms with Crippen molar-refractivity contribution < 1.29 is 16.4 Å². The Bertz CT molecular complexity index is 119. The minimum atomic E-state index is -2.09. The highest BCUT2D eigenvalue weighted by atomic mass is 16.4. The quantitative estimate of drug-likeness (QED) is 0.426. The highest BCUT2D eigenvalue weighted by Gasteiger charge is 2.16. The lowest BCUT2D eigenvalue weighted by molar-refractivity contribution is -0.140. The second kappa shape index (κ2) is 2.64. The Balaban J connectivity index is 4.04. The van der Waals surface area contributed by atoms with Gasteiger partial charge in [-0.25, -0.2) is 0 Å². The van der Waals surface area contributed by atoms with E-state index in [1.165, 1.54) is 0 Å². The van der Waals surface area contributed by atoms with Crippen LogP contribution < -0.4 is 5.73 Å². The molecule has 0 spiro atoms. The number of carboxylic acids is 1. The monoisotopic (exact) mass is 120 g/mol. The normalized spacial score (nSPS) is 23.1. The molecule has 0 radical (unpaired) electrons. The van der Waals surface area contributed by atoms with Gasteiger partial charge in [0.15, 0.2) is 0 Å². The summed E-state index contributed by atoms with van der Waals surface area (Å²) in [5.74, 6) is -1.38. The minimum Gasteiger partial charge on any atom is -0.480 e. The second-order valence-corrected chi connectivity index (χ2v) is 1.46. The van der Waals surface area contributed by atoms with Crippen molar-refractivity contribution in [1.29, 1.82) is 0 Å². The van der Waals surface area contributed by atoms with Crippen LogP contribution in [0.15, 0.2) is 0 Å². The van der Waals surface area contributed by atoms with Crippen LogP contribution >= 0.6 is 0 Å². The molecule has 0 amide bonds. The third kappa shape index (κ3) is 1.90. The fourth-order valence-corrected chi connectivity index (χ4v) is 0.179. The lowest BCUT2D eigenvalue weighted by atomic mass is 10.2. The number of hydrogen-bond donors (Lipinski definition) is 3. The molecule has 4 N–H and O–H groups in total. The molecule has 0 aromatic carbocycles. The van der Waals surface area contributed by atoms with E-state index in [1.807, 2.05) is 0 Å². The van der Waals surface area contributed by atoms with Crippen LogP contribution in [0, 0.1) is 0 Å². The van der Waals surface area contributed by atoms with Gasteiger partial charge in [-0.3, -0.25) is 4.79 Å². The van der Waals surface area contributed by atoms with Crippen LogP contribution in [0.3, 0.4) is 0 Å². The number of carbonyl (C=O) groups is 1. The Morgan fingerprint density at radius 3 is 2.38 bits per heavy atom. The lowest BCUT2D eigenvalue weighted by Crippen LogP contribution is -2.39. The largest absolute Gasteiger partial charge is 0.480 e. The minimum absolute atomic E-state index is 1.02. The molecule has 2 unspecified atom stereocenters. The molecule has 0 rings (SSSR count). The third-order valence-electron chi connectivity index (χ3n) is 0.716. The Morgan fingerprint density at radius 2 is 2.38 bits per heavy atom. The number of rotatable bonds is 2. The third-order valence-corrected chi connectivity index (χ3v) is 0.716. The molecule has 4 heteroatoms. The van der Waals surface area contributed by atoms with Gasteiger partial charge in [-0.05, 0) is 6.92 Å². The average Bonchev–Trinajstić information content (AvgIpc) is 1.62. The molecule has 0 heterocycles. The lowest BCUT2D eigenvalue weighted by Gasteiger charge is -2.06. The van der Waals surface area contributed by atoms with Crippen molar-refractivity contribution in [2.45, 2.75) is 19.0 Å². The average molecular weight is 120 g/mol. The SMILES string of the molecule is [2H]C(C)(O)C(N)C(=O)O. The number of aliphatic carboxylic acids is 1. The van der Waals surface area contributed by atoms with Crippen LogP contribution in [-0.4, -0.2) is 28.3 Å². The molecule has 0 bridgehead atoms. The number of carboxylic acid groups (broad SMARTS) is 1. The molecule has 48 valence electrons. The van der Waals surface area contributed by atoms with Gasteiger partial charge in [0.2, 0.25) is 0 Å². The van der Waals surface area contributed by atoms with Crippen LogP contribution in [0.25, 0.3) is 0 Å². The van der Waals surface area contributed by atoms with Gasteiger partial charge in [0.25, 0.3) is 0 Å². The van der Waals surface area contributed by atoms with E-state index in [9.17, 15) is 4.79 Å².